The van der Waals surface area contributed by atoms with Crippen molar-refractivity contribution in [2.75, 3.05) is 5.32 Å². The quantitative estimate of drug-likeness (QED) is 0.883. The number of hydrogen-bond donors (Lipinski definition) is 2. The van der Waals surface area contributed by atoms with E-state index in [-0.39, 0.29) is 11.8 Å². The minimum atomic E-state index is -0.0657. The second kappa shape index (κ2) is 5.70. The maximum atomic E-state index is 12.4. The lowest BCUT2D eigenvalue weighted by atomic mass is 9.89. The van der Waals surface area contributed by atoms with Crippen molar-refractivity contribution in [2.45, 2.75) is 26.2 Å². The second-order valence-corrected chi connectivity index (χ2v) is 6.14. The van der Waals surface area contributed by atoms with Crippen LogP contribution in [0.2, 0.25) is 10.0 Å². The fourth-order valence-electron chi connectivity index (χ4n) is 2.67. The molecule has 0 saturated heterocycles. The average Bonchev–Trinajstić information content (AvgIpc) is 2.80. The maximum absolute atomic E-state index is 12.4. The summed E-state index contributed by atoms with van der Waals surface area (Å²) in [7, 11) is 0. The third kappa shape index (κ3) is 3.06. The van der Waals surface area contributed by atoms with Gasteiger partial charge in [0.15, 0.2) is 0 Å². The highest BCUT2D eigenvalue weighted by atomic mass is 35.5. The zero-order chi connectivity index (χ0) is 15.0. The van der Waals surface area contributed by atoms with Crippen molar-refractivity contribution in [2.24, 2.45) is 5.92 Å². The summed E-state index contributed by atoms with van der Waals surface area (Å²) in [6.07, 6.45) is 2.31. The minimum Gasteiger partial charge on any atom is -0.346 e. The van der Waals surface area contributed by atoms with E-state index < -0.39 is 0 Å². The molecule has 1 heterocycles. The van der Waals surface area contributed by atoms with Crippen LogP contribution in [-0.2, 0) is 17.6 Å². The summed E-state index contributed by atoms with van der Waals surface area (Å²) in [5.41, 5.74) is 2.75. The molecule has 0 radical (unpaired) electrons. The van der Waals surface area contributed by atoms with E-state index in [0.29, 0.717) is 22.2 Å². The fourth-order valence-corrected chi connectivity index (χ4v) is 3.13. The summed E-state index contributed by atoms with van der Waals surface area (Å²) >= 11 is 11.9. The van der Waals surface area contributed by atoms with E-state index in [4.69, 9.17) is 23.2 Å². The highest BCUT2D eigenvalue weighted by Gasteiger charge is 2.27. The number of benzene rings is 1. The van der Waals surface area contributed by atoms with E-state index in [1.165, 1.54) is 0 Å². The highest BCUT2D eigenvalue weighted by Crippen LogP contribution is 2.28. The molecule has 0 fully saturated rings. The van der Waals surface area contributed by atoms with Crippen LogP contribution >= 0.6 is 23.2 Å². The summed E-state index contributed by atoms with van der Waals surface area (Å²) in [5, 5.41) is 3.88. The number of carbonyl (C=O) groups excluding carboxylic acids is 1. The molecule has 3 rings (SSSR count). The van der Waals surface area contributed by atoms with Crippen molar-refractivity contribution < 1.29 is 4.79 Å². The number of aromatic amines is 1. The lowest BCUT2D eigenvalue weighted by Crippen LogP contribution is -2.28. The molecule has 0 spiro atoms. The zero-order valence-electron chi connectivity index (χ0n) is 11.5. The second-order valence-electron chi connectivity index (χ2n) is 5.30. The number of aryl methyl sites for hydroxylation is 2. The molecule has 0 saturated carbocycles. The van der Waals surface area contributed by atoms with Gasteiger partial charge in [-0.3, -0.25) is 4.79 Å². The monoisotopic (exact) mass is 323 g/mol. The first kappa shape index (κ1) is 14.4. The van der Waals surface area contributed by atoms with E-state index in [1.807, 2.05) is 6.92 Å². The number of carbonyl (C=O) groups is 1. The number of rotatable bonds is 2. The van der Waals surface area contributed by atoms with Gasteiger partial charge < -0.3 is 10.3 Å². The molecule has 6 heteroatoms. The van der Waals surface area contributed by atoms with Gasteiger partial charge in [-0.25, -0.2) is 4.98 Å². The number of amides is 1. The first-order chi connectivity index (χ1) is 10.0. The Kier molecular flexibility index (Phi) is 3.91. The number of H-pyrrole nitrogens is 1. The smallest absolute Gasteiger partial charge is 0.227 e. The van der Waals surface area contributed by atoms with Crippen molar-refractivity contribution in [1.82, 2.24) is 9.97 Å². The Labute approximate surface area is 132 Å². The predicted molar refractivity (Wildman–Crippen MR) is 83.9 cm³/mol. The zero-order valence-corrected chi connectivity index (χ0v) is 13.1. The number of nitrogens with zero attached hydrogens (tertiary/aromatic N) is 1. The van der Waals surface area contributed by atoms with Crippen LogP contribution in [0, 0.1) is 12.8 Å². The van der Waals surface area contributed by atoms with E-state index in [9.17, 15) is 4.79 Å². The molecule has 4 nitrogen and oxygen atoms in total. The molecule has 1 aromatic heterocycles. The number of imidazole rings is 1. The van der Waals surface area contributed by atoms with Crippen molar-refractivity contribution in [1.29, 1.82) is 0 Å². The lowest BCUT2D eigenvalue weighted by molar-refractivity contribution is -0.120. The summed E-state index contributed by atoms with van der Waals surface area (Å²) in [5.74, 6) is 0.822. The van der Waals surface area contributed by atoms with Crippen LogP contribution in [0.3, 0.4) is 0 Å². The number of hydrogen-bond acceptors (Lipinski definition) is 2. The van der Waals surface area contributed by atoms with Crippen LogP contribution in [0.1, 0.15) is 23.6 Å². The molecule has 0 bridgehead atoms. The molecule has 1 aliphatic rings. The molecular weight excluding hydrogens is 309 g/mol. The summed E-state index contributed by atoms with van der Waals surface area (Å²) in [6.45, 7) is 1.93. The fraction of sp³-hybridized carbons (Fsp3) is 0.333. The number of halogens is 2. The van der Waals surface area contributed by atoms with E-state index >= 15 is 0 Å². The maximum Gasteiger partial charge on any atom is 0.227 e. The van der Waals surface area contributed by atoms with Crippen LogP contribution in [0.15, 0.2) is 18.2 Å². The number of nitrogens with one attached hydrogen (secondary N) is 2. The molecule has 21 heavy (non-hydrogen) atoms. The van der Waals surface area contributed by atoms with Crippen molar-refractivity contribution in [3.63, 3.8) is 0 Å². The first-order valence-electron chi connectivity index (χ1n) is 6.83. The van der Waals surface area contributed by atoms with E-state index in [0.717, 1.165) is 30.1 Å². The van der Waals surface area contributed by atoms with Gasteiger partial charge in [-0.15, -0.1) is 0 Å². The summed E-state index contributed by atoms with van der Waals surface area (Å²) in [4.78, 5) is 20.0. The topological polar surface area (TPSA) is 57.8 Å². The van der Waals surface area contributed by atoms with Gasteiger partial charge in [-0.05, 0) is 38.0 Å². The van der Waals surface area contributed by atoms with Gasteiger partial charge in [-0.1, -0.05) is 23.2 Å². The Bertz CT molecular complexity index is 696. The minimum absolute atomic E-state index is 0.0166. The van der Waals surface area contributed by atoms with Gasteiger partial charge in [0, 0.05) is 23.1 Å². The van der Waals surface area contributed by atoms with Crippen molar-refractivity contribution in [3.05, 3.63) is 45.5 Å². The van der Waals surface area contributed by atoms with Crippen LogP contribution < -0.4 is 5.32 Å². The van der Waals surface area contributed by atoms with Gasteiger partial charge in [0.2, 0.25) is 5.91 Å². The standard InChI is InChI=1S/C15H15Cl2N3O/c1-8-18-13-4-2-9(6-14(13)19-8)15(21)20-12-5-3-10(16)7-11(12)17/h3,5,7,9H,2,4,6H2,1H3,(H,18,19)(H,20,21). The molecule has 1 unspecified atom stereocenters. The molecule has 0 aliphatic heterocycles. The summed E-state index contributed by atoms with van der Waals surface area (Å²) < 4.78 is 0. The third-order valence-corrected chi connectivity index (χ3v) is 4.27. The predicted octanol–water partition coefficient (Wildman–Crippen LogP) is 3.77. The number of aromatic nitrogens is 2. The van der Waals surface area contributed by atoms with Crippen LogP contribution in [0.5, 0.6) is 0 Å². The highest BCUT2D eigenvalue weighted by molar-refractivity contribution is 6.36. The largest absolute Gasteiger partial charge is 0.346 e. The van der Waals surface area contributed by atoms with Crippen LogP contribution in [0.4, 0.5) is 5.69 Å². The normalized spacial score (nSPS) is 17.4. The lowest BCUT2D eigenvalue weighted by Gasteiger charge is -2.21. The molecule has 2 N–H and O–H groups in total. The molecule has 1 amide bonds. The molecule has 110 valence electrons. The van der Waals surface area contributed by atoms with Gasteiger partial charge in [0.1, 0.15) is 5.82 Å². The Morgan fingerprint density at radius 3 is 3.00 bits per heavy atom. The van der Waals surface area contributed by atoms with Gasteiger partial charge in [0.05, 0.1) is 16.4 Å². The van der Waals surface area contributed by atoms with Gasteiger partial charge >= 0.3 is 0 Å². The molecule has 1 aliphatic carbocycles. The molecule has 1 aromatic carbocycles. The Hall–Kier alpha value is -1.52. The van der Waals surface area contributed by atoms with Crippen molar-refractivity contribution >= 4 is 34.8 Å². The van der Waals surface area contributed by atoms with E-state index in [1.54, 1.807) is 18.2 Å². The average molecular weight is 324 g/mol. The number of fused-ring (bicyclic) bond motifs is 1. The Morgan fingerprint density at radius 1 is 1.43 bits per heavy atom. The van der Waals surface area contributed by atoms with Crippen molar-refractivity contribution in [3.8, 4) is 0 Å². The van der Waals surface area contributed by atoms with Gasteiger partial charge in [-0.2, -0.15) is 0 Å². The Balaban J connectivity index is 1.72. The molecular formula is C15H15Cl2N3O. The Morgan fingerprint density at radius 2 is 2.24 bits per heavy atom. The molecule has 2 aromatic rings. The van der Waals surface area contributed by atoms with Crippen LogP contribution in [-0.4, -0.2) is 15.9 Å². The van der Waals surface area contributed by atoms with Gasteiger partial charge in [0.25, 0.3) is 0 Å². The number of anilines is 1. The van der Waals surface area contributed by atoms with E-state index in [2.05, 4.69) is 15.3 Å². The third-order valence-electron chi connectivity index (χ3n) is 3.72. The SMILES string of the molecule is Cc1nc2c([nH]1)CC(C(=O)Nc1ccc(Cl)cc1Cl)CC2. The van der Waals surface area contributed by atoms with Crippen LogP contribution in [0.25, 0.3) is 0 Å². The first-order valence-corrected chi connectivity index (χ1v) is 7.59. The molecule has 1 atom stereocenters. The summed E-state index contributed by atoms with van der Waals surface area (Å²) in [6, 6.07) is 5.05.